The average Bonchev–Trinajstić information content (AvgIpc) is 2.81. The van der Waals surface area contributed by atoms with Crippen molar-refractivity contribution in [2.24, 2.45) is 10.2 Å². The Labute approximate surface area is 150 Å². The van der Waals surface area contributed by atoms with Crippen molar-refractivity contribution < 1.29 is 13.3 Å². The molecule has 9 heteroatoms. The van der Waals surface area contributed by atoms with Crippen LogP contribution in [0.1, 0.15) is 30.4 Å². The molecular weight excluding hydrogens is 356 g/mol. The average molecular weight is 374 g/mol. The Bertz CT molecular complexity index is 986. The summed E-state index contributed by atoms with van der Waals surface area (Å²) >= 11 is 0. The number of sulfonamides is 1. The third-order valence-electron chi connectivity index (χ3n) is 4.24. The number of hydrogen-bond donors (Lipinski definition) is 2. The third kappa shape index (κ3) is 3.89. The predicted molar refractivity (Wildman–Crippen MR) is 98.6 cm³/mol. The first kappa shape index (κ1) is 18.0. The first-order valence-corrected chi connectivity index (χ1v) is 9.63. The molecule has 0 saturated heterocycles. The molecule has 0 atom stereocenters. The van der Waals surface area contributed by atoms with Crippen molar-refractivity contribution in [2.75, 3.05) is 5.43 Å². The third-order valence-corrected chi connectivity index (χ3v) is 5.15. The van der Waals surface area contributed by atoms with Crippen LogP contribution in [0, 0.1) is 10.1 Å². The molecule has 0 radical (unpaired) electrons. The highest BCUT2D eigenvalue weighted by atomic mass is 32.2. The molecule has 0 aromatic heterocycles. The van der Waals surface area contributed by atoms with Gasteiger partial charge < -0.3 is 0 Å². The fourth-order valence-corrected chi connectivity index (χ4v) is 3.47. The lowest BCUT2D eigenvalue weighted by Crippen LogP contribution is -2.13. The van der Waals surface area contributed by atoms with E-state index in [1.165, 1.54) is 17.7 Å². The van der Waals surface area contributed by atoms with E-state index >= 15 is 0 Å². The number of nitrogens with two attached hydrogens (primary N) is 1. The fourth-order valence-electron chi connectivity index (χ4n) is 2.94. The van der Waals surface area contributed by atoms with Gasteiger partial charge in [-0.1, -0.05) is 24.3 Å². The largest absolute Gasteiger partial charge is 0.295 e. The van der Waals surface area contributed by atoms with Crippen LogP contribution in [0.2, 0.25) is 0 Å². The van der Waals surface area contributed by atoms with Gasteiger partial charge in [0.05, 0.1) is 15.5 Å². The van der Waals surface area contributed by atoms with Gasteiger partial charge in [0.25, 0.3) is 5.69 Å². The van der Waals surface area contributed by atoms with Crippen LogP contribution >= 0.6 is 0 Å². The summed E-state index contributed by atoms with van der Waals surface area (Å²) in [4.78, 5) is 10.3. The lowest BCUT2D eigenvalue weighted by Gasteiger charge is -2.09. The smallest absolute Gasteiger partial charge is 0.271 e. The number of hydrogen-bond acceptors (Lipinski definition) is 6. The van der Waals surface area contributed by atoms with E-state index < -0.39 is 20.6 Å². The number of nitro benzene ring substituents is 1. The van der Waals surface area contributed by atoms with Crippen molar-refractivity contribution in [1.82, 2.24) is 0 Å². The monoisotopic (exact) mass is 374 g/mol. The molecule has 136 valence electrons. The van der Waals surface area contributed by atoms with Crippen molar-refractivity contribution >= 4 is 27.1 Å². The SMILES string of the molecule is NS(=O)(=O)c1ccc(N/N=C2\CCCCc3ccccc32)c([N+](=O)[O-])c1. The second-order valence-corrected chi connectivity index (χ2v) is 7.58. The zero-order valence-corrected chi connectivity index (χ0v) is 14.7. The molecule has 0 heterocycles. The molecule has 0 saturated carbocycles. The normalized spacial score (nSPS) is 16.0. The molecule has 0 bridgehead atoms. The van der Waals surface area contributed by atoms with Gasteiger partial charge >= 0.3 is 0 Å². The maximum absolute atomic E-state index is 11.4. The topological polar surface area (TPSA) is 128 Å². The molecule has 1 aliphatic rings. The fraction of sp³-hybridized carbons (Fsp3) is 0.235. The van der Waals surface area contributed by atoms with E-state index in [2.05, 4.69) is 16.6 Å². The molecule has 8 nitrogen and oxygen atoms in total. The van der Waals surface area contributed by atoms with Gasteiger partial charge in [-0.15, -0.1) is 0 Å². The number of primary sulfonamides is 1. The van der Waals surface area contributed by atoms with Gasteiger partial charge in [-0.25, -0.2) is 13.6 Å². The van der Waals surface area contributed by atoms with Gasteiger partial charge in [0.15, 0.2) is 0 Å². The summed E-state index contributed by atoms with van der Waals surface area (Å²) in [6.45, 7) is 0. The van der Waals surface area contributed by atoms with E-state index in [0.717, 1.165) is 43.0 Å². The molecule has 2 aromatic rings. The maximum atomic E-state index is 11.4. The Morgan fingerprint density at radius 1 is 1.12 bits per heavy atom. The van der Waals surface area contributed by atoms with Crippen LogP contribution in [0.4, 0.5) is 11.4 Å². The second kappa shape index (κ2) is 7.22. The molecule has 0 amide bonds. The summed E-state index contributed by atoms with van der Waals surface area (Å²) in [5, 5.41) is 20.7. The van der Waals surface area contributed by atoms with Crippen LogP contribution in [-0.2, 0) is 16.4 Å². The van der Waals surface area contributed by atoms with E-state index in [-0.39, 0.29) is 10.6 Å². The van der Waals surface area contributed by atoms with Crippen molar-refractivity contribution in [1.29, 1.82) is 0 Å². The molecule has 0 unspecified atom stereocenters. The van der Waals surface area contributed by atoms with Crippen LogP contribution in [0.5, 0.6) is 0 Å². The minimum atomic E-state index is -4.02. The van der Waals surface area contributed by atoms with Crippen LogP contribution in [0.15, 0.2) is 52.5 Å². The summed E-state index contributed by atoms with van der Waals surface area (Å²) in [5.74, 6) is 0. The summed E-state index contributed by atoms with van der Waals surface area (Å²) in [5.41, 5.74) is 5.48. The van der Waals surface area contributed by atoms with E-state index in [1.54, 1.807) is 0 Å². The highest BCUT2D eigenvalue weighted by molar-refractivity contribution is 7.89. The Hall–Kier alpha value is -2.78. The lowest BCUT2D eigenvalue weighted by atomic mass is 10.0. The van der Waals surface area contributed by atoms with Crippen LogP contribution in [0.25, 0.3) is 0 Å². The molecular formula is C17H18N4O4S. The van der Waals surface area contributed by atoms with Gasteiger partial charge in [-0.2, -0.15) is 5.10 Å². The van der Waals surface area contributed by atoms with Gasteiger partial charge in [-0.05, 0) is 43.4 Å². The van der Waals surface area contributed by atoms with E-state index in [0.29, 0.717) is 0 Å². The Morgan fingerprint density at radius 2 is 1.85 bits per heavy atom. The number of rotatable bonds is 4. The number of aryl methyl sites for hydroxylation is 1. The number of hydrazone groups is 1. The predicted octanol–water partition coefficient (Wildman–Crippen LogP) is 2.78. The first-order valence-electron chi connectivity index (χ1n) is 8.08. The highest BCUT2D eigenvalue weighted by Gasteiger charge is 2.19. The molecule has 0 fully saturated rings. The number of anilines is 1. The van der Waals surface area contributed by atoms with Crippen LogP contribution in [0.3, 0.4) is 0 Å². The number of nitrogens with zero attached hydrogens (tertiary/aromatic N) is 2. The summed E-state index contributed by atoms with van der Waals surface area (Å²) < 4.78 is 22.8. The molecule has 1 aliphatic carbocycles. The van der Waals surface area contributed by atoms with E-state index in [4.69, 9.17) is 5.14 Å². The number of nitro groups is 1. The zero-order valence-electron chi connectivity index (χ0n) is 13.9. The molecule has 2 aromatic carbocycles. The number of nitrogens with one attached hydrogen (secondary N) is 1. The minimum Gasteiger partial charge on any atom is -0.271 e. The maximum Gasteiger partial charge on any atom is 0.295 e. The quantitative estimate of drug-likeness (QED) is 0.483. The highest BCUT2D eigenvalue weighted by Crippen LogP contribution is 2.28. The molecule has 26 heavy (non-hydrogen) atoms. The van der Waals surface area contributed by atoms with Gasteiger partial charge in [-0.3, -0.25) is 15.5 Å². The van der Waals surface area contributed by atoms with E-state index in [9.17, 15) is 18.5 Å². The molecule has 3 N–H and O–H groups in total. The Morgan fingerprint density at radius 3 is 2.58 bits per heavy atom. The lowest BCUT2D eigenvalue weighted by molar-refractivity contribution is -0.384. The standard InChI is InChI=1S/C17H18N4O4S/c18-26(24,25)13-9-10-16(17(11-13)21(22)23)20-19-15-8-4-2-6-12-5-1-3-7-14(12)15/h1,3,5,7,9-11,20H,2,4,6,8H2,(H2,18,24,25)/b19-15+. The molecule has 3 rings (SSSR count). The molecule has 0 aliphatic heterocycles. The van der Waals surface area contributed by atoms with Crippen molar-refractivity contribution in [2.45, 2.75) is 30.6 Å². The second-order valence-electron chi connectivity index (χ2n) is 6.02. The number of benzene rings is 2. The summed E-state index contributed by atoms with van der Waals surface area (Å²) in [6.07, 6.45) is 3.76. The summed E-state index contributed by atoms with van der Waals surface area (Å²) in [7, 11) is -4.02. The Kier molecular flexibility index (Phi) is 5.01. The summed E-state index contributed by atoms with van der Waals surface area (Å²) in [6, 6.07) is 11.4. The minimum absolute atomic E-state index is 0.108. The van der Waals surface area contributed by atoms with Crippen LogP contribution in [-0.4, -0.2) is 19.1 Å². The van der Waals surface area contributed by atoms with Crippen molar-refractivity contribution in [3.63, 3.8) is 0 Å². The molecule has 0 spiro atoms. The van der Waals surface area contributed by atoms with Gasteiger partial charge in [0, 0.05) is 11.6 Å². The zero-order chi connectivity index (χ0) is 18.7. The Balaban J connectivity index is 1.97. The van der Waals surface area contributed by atoms with Crippen molar-refractivity contribution in [3.8, 4) is 0 Å². The van der Waals surface area contributed by atoms with E-state index in [1.807, 2.05) is 18.2 Å². The van der Waals surface area contributed by atoms with Gasteiger partial charge in [0.2, 0.25) is 10.0 Å². The van der Waals surface area contributed by atoms with Crippen molar-refractivity contribution in [3.05, 3.63) is 63.7 Å². The first-order chi connectivity index (χ1) is 12.4. The van der Waals surface area contributed by atoms with Crippen LogP contribution < -0.4 is 10.6 Å². The van der Waals surface area contributed by atoms with Gasteiger partial charge in [0.1, 0.15) is 5.69 Å². The number of fused-ring (bicyclic) bond motifs is 1.